The zero-order valence-electron chi connectivity index (χ0n) is 22.5. The number of aromatic nitrogens is 1. The van der Waals surface area contributed by atoms with Gasteiger partial charge in [-0.1, -0.05) is 61.5 Å². The van der Waals surface area contributed by atoms with Crippen molar-refractivity contribution in [3.8, 4) is 22.4 Å². The Labute approximate surface area is 229 Å². The molecule has 2 amide bonds. The van der Waals surface area contributed by atoms with Crippen LogP contribution in [0.4, 0.5) is 10.1 Å². The van der Waals surface area contributed by atoms with E-state index in [-0.39, 0.29) is 17.9 Å². The smallest absolute Gasteiger partial charge is 0.224 e. The third-order valence-electron chi connectivity index (χ3n) is 8.17. The Morgan fingerprint density at radius 1 is 0.974 bits per heavy atom. The van der Waals surface area contributed by atoms with Gasteiger partial charge in [-0.25, -0.2) is 4.39 Å². The molecule has 1 heterocycles. The maximum atomic E-state index is 13.5. The Morgan fingerprint density at radius 2 is 1.67 bits per heavy atom. The molecule has 0 unspecified atom stereocenters. The number of nitrogens with one attached hydrogen (secondary N) is 2. The summed E-state index contributed by atoms with van der Waals surface area (Å²) in [6, 6.07) is 20.1. The molecule has 5 rings (SSSR count). The fourth-order valence-electron chi connectivity index (χ4n) is 5.84. The lowest BCUT2D eigenvalue weighted by atomic mass is 9.71. The highest BCUT2D eigenvalue weighted by Gasteiger charge is 2.42. The molecule has 39 heavy (non-hydrogen) atoms. The number of alkyl halides is 1. The topological polar surface area (TPSA) is 97.1 Å². The number of nitrogens with zero attached hydrogens (tertiary/aromatic N) is 1. The zero-order valence-corrected chi connectivity index (χ0v) is 22.5. The van der Waals surface area contributed by atoms with E-state index < -0.39 is 11.7 Å². The number of carbonyl (C=O) groups excluding carboxylic acids is 2. The number of halogens is 1. The summed E-state index contributed by atoms with van der Waals surface area (Å²) in [6.07, 6.45) is 6.23. The lowest BCUT2D eigenvalue weighted by molar-refractivity contribution is -0.122. The molecule has 0 bridgehead atoms. The second kappa shape index (κ2) is 11.7. The van der Waals surface area contributed by atoms with Crippen molar-refractivity contribution in [3.05, 3.63) is 72.4 Å². The van der Waals surface area contributed by atoms with E-state index in [0.717, 1.165) is 53.6 Å². The Kier molecular flexibility index (Phi) is 8.07. The molecule has 204 valence electrons. The van der Waals surface area contributed by atoms with Gasteiger partial charge in [-0.3, -0.25) is 14.6 Å². The molecule has 3 aromatic rings. The van der Waals surface area contributed by atoms with Crippen molar-refractivity contribution in [3.63, 3.8) is 0 Å². The molecule has 6 nitrogen and oxygen atoms in total. The van der Waals surface area contributed by atoms with Gasteiger partial charge in [-0.05, 0) is 48.8 Å². The van der Waals surface area contributed by atoms with E-state index in [9.17, 15) is 14.0 Å². The van der Waals surface area contributed by atoms with E-state index in [1.165, 1.54) is 0 Å². The normalized spacial score (nSPS) is 24.4. The lowest BCUT2D eigenvalue weighted by Gasteiger charge is -2.41. The second-order valence-electron chi connectivity index (χ2n) is 11.1. The second-order valence-corrected chi connectivity index (χ2v) is 11.1. The Balaban J connectivity index is 1.29. The SMILES string of the molecule is CCC(=O)NC1CCC(CC(=O)Nc2cnc(-c3ccc(C4(N)CC(F)C4)cc3)c(-c3ccccc3)c2)CC1. The number of hydrogen-bond acceptors (Lipinski definition) is 4. The van der Waals surface area contributed by atoms with Gasteiger partial charge in [0.05, 0.1) is 17.6 Å². The highest BCUT2D eigenvalue weighted by atomic mass is 19.1. The largest absolute Gasteiger partial charge is 0.353 e. The number of anilines is 1. The maximum Gasteiger partial charge on any atom is 0.224 e. The molecule has 2 aromatic carbocycles. The highest BCUT2D eigenvalue weighted by Crippen LogP contribution is 2.42. The molecule has 2 saturated carbocycles. The number of rotatable bonds is 8. The summed E-state index contributed by atoms with van der Waals surface area (Å²) in [6.45, 7) is 1.86. The lowest BCUT2D eigenvalue weighted by Crippen LogP contribution is -2.50. The van der Waals surface area contributed by atoms with Gasteiger partial charge in [0.1, 0.15) is 6.17 Å². The van der Waals surface area contributed by atoms with Gasteiger partial charge in [0, 0.05) is 48.4 Å². The summed E-state index contributed by atoms with van der Waals surface area (Å²) in [5, 5.41) is 6.13. The summed E-state index contributed by atoms with van der Waals surface area (Å²) in [4.78, 5) is 29.4. The molecule has 0 spiro atoms. The third-order valence-corrected chi connectivity index (χ3v) is 8.17. The van der Waals surface area contributed by atoms with Crippen LogP contribution in [0, 0.1) is 5.92 Å². The van der Waals surface area contributed by atoms with Crippen LogP contribution in [0.2, 0.25) is 0 Å². The summed E-state index contributed by atoms with van der Waals surface area (Å²) >= 11 is 0. The van der Waals surface area contributed by atoms with Crippen LogP contribution < -0.4 is 16.4 Å². The van der Waals surface area contributed by atoms with Crippen LogP contribution in [0.5, 0.6) is 0 Å². The van der Waals surface area contributed by atoms with E-state index in [2.05, 4.69) is 10.6 Å². The van der Waals surface area contributed by atoms with E-state index in [4.69, 9.17) is 10.7 Å². The fraction of sp³-hybridized carbons (Fsp3) is 0.406. The molecule has 0 aliphatic heterocycles. The first-order valence-electron chi connectivity index (χ1n) is 14.0. The van der Waals surface area contributed by atoms with Crippen molar-refractivity contribution in [1.29, 1.82) is 0 Å². The minimum Gasteiger partial charge on any atom is -0.353 e. The molecular weight excluding hydrogens is 491 g/mol. The van der Waals surface area contributed by atoms with Crippen molar-refractivity contribution in [1.82, 2.24) is 10.3 Å². The highest BCUT2D eigenvalue weighted by molar-refractivity contribution is 5.93. The summed E-state index contributed by atoms with van der Waals surface area (Å²) in [7, 11) is 0. The minimum absolute atomic E-state index is 0.0196. The molecule has 0 atom stereocenters. The van der Waals surface area contributed by atoms with E-state index in [0.29, 0.717) is 37.3 Å². The van der Waals surface area contributed by atoms with Gasteiger partial charge in [0.25, 0.3) is 0 Å². The number of pyridine rings is 1. The third kappa shape index (κ3) is 6.36. The zero-order chi connectivity index (χ0) is 27.4. The average molecular weight is 529 g/mol. The molecule has 2 aliphatic carbocycles. The van der Waals surface area contributed by atoms with E-state index in [1.54, 1.807) is 6.20 Å². The Morgan fingerprint density at radius 3 is 2.31 bits per heavy atom. The molecular formula is C32H37FN4O2. The molecule has 1 aromatic heterocycles. The maximum absolute atomic E-state index is 13.5. The summed E-state index contributed by atoms with van der Waals surface area (Å²) in [5.41, 5.74) is 11.0. The first-order chi connectivity index (χ1) is 18.8. The quantitative estimate of drug-likeness (QED) is 0.328. The predicted molar refractivity (Wildman–Crippen MR) is 153 cm³/mol. The summed E-state index contributed by atoms with van der Waals surface area (Å²) < 4.78 is 13.5. The number of nitrogens with two attached hydrogens (primary N) is 1. The molecule has 7 heteroatoms. The average Bonchev–Trinajstić information content (AvgIpc) is 2.94. The first kappa shape index (κ1) is 27.0. The number of carbonyl (C=O) groups is 2. The van der Waals surface area contributed by atoms with Crippen molar-refractivity contribution in [2.24, 2.45) is 11.7 Å². The minimum atomic E-state index is -0.827. The summed E-state index contributed by atoms with van der Waals surface area (Å²) in [5.74, 6) is 0.385. The fourth-order valence-corrected chi connectivity index (χ4v) is 5.84. The van der Waals surface area contributed by atoms with Crippen LogP contribution in [-0.4, -0.2) is 29.0 Å². The molecule has 2 fully saturated rings. The molecule has 4 N–H and O–H groups in total. The van der Waals surface area contributed by atoms with Crippen LogP contribution in [0.3, 0.4) is 0 Å². The van der Waals surface area contributed by atoms with Crippen molar-refractivity contribution < 1.29 is 14.0 Å². The van der Waals surface area contributed by atoms with Gasteiger partial charge in [0.2, 0.25) is 11.8 Å². The van der Waals surface area contributed by atoms with Crippen molar-refractivity contribution in [2.45, 2.75) is 76.0 Å². The van der Waals surface area contributed by atoms with E-state index >= 15 is 0 Å². The monoisotopic (exact) mass is 528 g/mol. The van der Waals surface area contributed by atoms with Crippen molar-refractivity contribution >= 4 is 17.5 Å². The Hall–Kier alpha value is -3.58. The van der Waals surface area contributed by atoms with E-state index in [1.807, 2.05) is 67.6 Å². The van der Waals surface area contributed by atoms with Gasteiger partial charge >= 0.3 is 0 Å². The van der Waals surface area contributed by atoms with Crippen LogP contribution >= 0.6 is 0 Å². The molecule has 0 saturated heterocycles. The first-order valence-corrected chi connectivity index (χ1v) is 14.0. The van der Waals surface area contributed by atoms with Crippen molar-refractivity contribution in [2.75, 3.05) is 5.32 Å². The number of hydrogen-bond donors (Lipinski definition) is 3. The van der Waals surface area contributed by atoms with Gasteiger partial charge in [-0.15, -0.1) is 0 Å². The number of benzene rings is 2. The molecule has 2 aliphatic rings. The number of amides is 2. The predicted octanol–water partition coefficient (Wildman–Crippen LogP) is 6.12. The van der Waals surface area contributed by atoms with Crippen LogP contribution in [-0.2, 0) is 15.1 Å². The van der Waals surface area contributed by atoms with Crippen LogP contribution in [0.1, 0.15) is 63.9 Å². The van der Waals surface area contributed by atoms with Crippen LogP contribution in [0.15, 0.2) is 66.9 Å². The Bertz CT molecular complexity index is 1300. The molecule has 0 radical (unpaired) electrons. The van der Waals surface area contributed by atoms with Gasteiger partial charge < -0.3 is 16.4 Å². The van der Waals surface area contributed by atoms with Gasteiger partial charge in [-0.2, -0.15) is 0 Å². The van der Waals surface area contributed by atoms with Crippen LogP contribution in [0.25, 0.3) is 22.4 Å². The standard InChI is InChI=1S/C32H37FN4O2/c1-2-29(38)36-26-14-8-21(9-15-26)16-30(39)37-27-17-28(22-6-4-3-5-7-22)31(35-20-27)23-10-12-24(13-11-23)32(34)18-25(33)19-32/h3-7,10-13,17,20-21,25-26H,2,8-9,14-16,18-19,34H2,1H3,(H,36,38)(H,37,39). The van der Waals surface area contributed by atoms with Gasteiger partial charge in [0.15, 0.2) is 0 Å².